The Morgan fingerprint density at radius 3 is 2.57 bits per heavy atom. The van der Waals surface area contributed by atoms with Crippen LogP contribution in [0.3, 0.4) is 0 Å². The maximum absolute atomic E-state index is 13.7. The second-order valence-electron chi connectivity index (χ2n) is 6.15. The van der Waals surface area contributed by atoms with E-state index in [1.54, 1.807) is 25.2 Å². The quantitative estimate of drug-likeness (QED) is 0.707. The number of hydrogen-bond acceptors (Lipinski definition) is 6. The molecule has 0 fully saturated rings. The molecule has 0 saturated heterocycles. The minimum absolute atomic E-state index is 0.131. The van der Waals surface area contributed by atoms with Crippen molar-refractivity contribution in [2.45, 2.75) is 6.54 Å². The molecule has 1 heterocycles. The first-order chi connectivity index (χ1) is 13.5. The van der Waals surface area contributed by atoms with E-state index in [4.69, 9.17) is 18.9 Å². The number of halogens is 1. The van der Waals surface area contributed by atoms with Crippen molar-refractivity contribution in [3.8, 4) is 17.2 Å². The van der Waals surface area contributed by atoms with E-state index < -0.39 is 24.3 Å². The van der Waals surface area contributed by atoms with Gasteiger partial charge in [0.05, 0.1) is 12.7 Å². The molecule has 0 spiro atoms. The standard InChI is InChI=1S/C20H20FNO6/c1-22(11-13-3-5-16(25-2)15(21)9-13)19(23)12-28-20(24)14-4-6-17-18(10-14)27-8-7-26-17/h3-6,9-10H,7-8,11-12H2,1-2H3. The van der Waals surface area contributed by atoms with Crippen molar-refractivity contribution in [2.24, 2.45) is 0 Å². The van der Waals surface area contributed by atoms with Gasteiger partial charge in [-0.05, 0) is 35.9 Å². The van der Waals surface area contributed by atoms with E-state index >= 15 is 0 Å². The van der Waals surface area contributed by atoms with Crippen molar-refractivity contribution in [1.29, 1.82) is 0 Å². The topological polar surface area (TPSA) is 74.3 Å². The number of nitrogens with zero attached hydrogens (tertiary/aromatic N) is 1. The fourth-order valence-electron chi connectivity index (χ4n) is 2.66. The van der Waals surface area contributed by atoms with Crippen molar-refractivity contribution in [3.63, 3.8) is 0 Å². The summed E-state index contributed by atoms with van der Waals surface area (Å²) in [6.45, 7) is 0.597. The second kappa shape index (κ2) is 8.60. The average molecular weight is 389 g/mol. The summed E-state index contributed by atoms with van der Waals surface area (Å²) in [6, 6.07) is 9.13. The first kappa shape index (κ1) is 19.5. The van der Waals surface area contributed by atoms with Gasteiger partial charge in [0.2, 0.25) is 0 Å². The van der Waals surface area contributed by atoms with Crippen molar-refractivity contribution >= 4 is 11.9 Å². The lowest BCUT2D eigenvalue weighted by Crippen LogP contribution is -2.30. The van der Waals surface area contributed by atoms with E-state index in [1.165, 1.54) is 30.2 Å². The number of hydrogen-bond donors (Lipinski definition) is 0. The van der Waals surface area contributed by atoms with E-state index in [0.29, 0.717) is 30.3 Å². The van der Waals surface area contributed by atoms with Gasteiger partial charge < -0.3 is 23.8 Å². The fourth-order valence-corrected chi connectivity index (χ4v) is 2.66. The molecule has 0 aromatic heterocycles. The molecule has 8 heteroatoms. The number of esters is 1. The summed E-state index contributed by atoms with van der Waals surface area (Å²) in [7, 11) is 2.92. The van der Waals surface area contributed by atoms with Crippen LogP contribution in [0.25, 0.3) is 0 Å². The molecule has 0 unspecified atom stereocenters. The fraction of sp³-hybridized carbons (Fsp3) is 0.300. The van der Waals surface area contributed by atoms with E-state index in [1.807, 2.05) is 0 Å². The van der Waals surface area contributed by atoms with Gasteiger partial charge in [0.1, 0.15) is 13.2 Å². The Morgan fingerprint density at radius 2 is 1.86 bits per heavy atom. The summed E-state index contributed by atoms with van der Waals surface area (Å²) in [6.07, 6.45) is 0. The molecule has 3 rings (SSSR count). The van der Waals surface area contributed by atoms with E-state index in [0.717, 1.165) is 0 Å². The molecule has 2 aromatic carbocycles. The Kier molecular flexibility index (Phi) is 5.98. The normalized spacial score (nSPS) is 12.2. The van der Waals surface area contributed by atoms with E-state index in [-0.39, 0.29) is 17.9 Å². The third-order valence-electron chi connectivity index (χ3n) is 4.17. The molecule has 0 bridgehead atoms. The zero-order valence-corrected chi connectivity index (χ0v) is 15.6. The largest absolute Gasteiger partial charge is 0.494 e. The minimum Gasteiger partial charge on any atom is -0.494 e. The SMILES string of the molecule is COc1ccc(CN(C)C(=O)COC(=O)c2ccc3c(c2)OCCO3)cc1F. The van der Waals surface area contributed by atoms with Crippen LogP contribution in [-0.4, -0.2) is 50.8 Å². The smallest absolute Gasteiger partial charge is 0.338 e. The summed E-state index contributed by atoms with van der Waals surface area (Å²) in [5.74, 6) is -0.413. The molecule has 148 valence electrons. The van der Waals surface area contributed by atoms with Crippen LogP contribution in [0.5, 0.6) is 17.2 Å². The van der Waals surface area contributed by atoms with E-state index in [9.17, 15) is 14.0 Å². The number of methoxy groups -OCH3 is 1. The average Bonchev–Trinajstić information content (AvgIpc) is 2.71. The van der Waals surface area contributed by atoms with Crippen LogP contribution in [0.1, 0.15) is 15.9 Å². The van der Waals surface area contributed by atoms with Crippen LogP contribution in [0.4, 0.5) is 4.39 Å². The predicted molar refractivity (Wildman–Crippen MR) is 97.1 cm³/mol. The number of likely N-dealkylation sites (N-methyl/N-ethyl adjacent to an activating group) is 1. The minimum atomic E-state index is -0.644. The molecule has 1 aliphatic heterocycles. The van der Waals surface area contributed by atoms with Crippen LogP contribution >= 0.6 is 0 Å². The van der Waals surface area contributed by atoms with Crippen molar-refractivity contribution < 1.29 is 32.9 Å². The molecular formula is C20H20FNO6. The highest BCUT2D eigenvalue weighted by molar-refractivity contribution is 5.92. The molecule has 1 amide bonds. The van der Waals surface area contributed by atoms with E-state index in [2.05, 4.69) is 0 Å². The van der Waals surface area contributed by atoms with Crippen LogP contribution in [-0.2, 0) is 16.1 Å². The lowest BCUT2D eigenvalue weighted by Gasteiger charge is -2.19. The highest BCUT2D eigenvalue weighted by Gasteiger charge is 2.18. The second-order valence-corrected chi connectivity index (χ2v) is 6.15. The number of ether oxygens (including phenoxy) is 4. The Hall–Kier alpha value is -3.29. The number of rotatable bonds is 6. The van der Waals surface area contributed by atoms with Gasteiger partial charge in [0.25, 0.3) is 5.91 Å². The van der Waals surface area contributed by atoms with Gasteiger partial charge in [-0.25, -0.2) is 9.18 Å². The summed E-state index contributed by atoms with van der Waals surface area (Å²) in [4.78, 5) is 25.7. The number of amides is 1. The summed E-state index contributed by atoms with van der Waals surface area (Å²) >= 11 is 0. The molecule has 28 heavy (non-hydrogen) atoms. The van der Waals surface area contributed by atoms with Crippen LogP contribution < -0.4 is 14.2 Å². The zero-order valence-electron chi connectivity index (χ0n) is 15.6. The molecule has 0 aliphatic carbocycles. The van der Waals surface area contributed by atoms with Crippen molar-refractivity contribution in [3.05, 3.63) is 53.3 Å². The Morgan fingerprint density at radius 1 is 1.11 bits per heavy atom. The van der Waals surface area contributed by atoms with Crippen LogP contribution in [0, 0.1) is 5.82 Å². The summed E-state index contributed by atoms with van der Waals surface area (Å²) in [5.41, 5.74) is 0.851. The molecule has 7 nitrogen and oxygen atoms in total. The third kappa shape index (κ3) is 4.51. The summed E-state index contributed by atoms with van der Waals surface area (Å²) < 4.78 is 34.5. The number of benzene rings is 2. The number of carbonyl (C=O) groups is 2. The Bertz CT molecular complexity index is 885. The van der Waals surface area contributed by atoms with Crippen LogP contribution in [0.2, 0.25) is 0 Å². The van der Waals surface area contributed by atoms with Crippen molar-refractivity contribution in [2.75, 3.05) is 34.0 Å². The highest BCUT2D eigenvalue weighted by atomic mass is 19.1. The zero-order chi connectivity index (χ0) is 20.1. The molecule has 0 saturated carbocycles. The molecular weight excluding hydrogens is 369 g/mol. The monoisotopic (exact) mass is 389 g/mol. The van der Waals surface area contributed by atoms with Crippen molar-refractivity contribution in [1.82, 2.24) is 4.90 Å². The van der Waals surface area contributed by atoms with Crippen LogP contribution in [0.15, 0.2) is 36.4 Å². The predicted octanol–water partition coefficient (Wildman–Crippen LogP) is 2.42. The van der Waals surface area contributed by atoms with Gasteiger partial charge in [-0.1, -0.05) is 6.07 Å². The molecule has 0 radical (unpaired) electrons. The summed E-state index contributed by atoms with van der Waals surface area (Å²) in [5, 5.41) is 0. The first-order valence-electron chi connectivity index (χ1n) is 8.61. The maximum Gasteiger partial charge on any atom is 0.338 e. The molecule has 0 N–H and O–H groups in total. The van der Waals surface area contributed by atoms with Gasteiger partial charge in [0.15, 0.2) is 29.7 Å². The number of carbonyl (C=O) groups excluding carboxylic acids is 2. The lowest BCUT2D eigenvalue weighted by atomic mass is 10.2. The van der Waals surface area contributed by atoms with Gasteiger partial charge in [-0.15, -0.1) is 0 Å². The van der Waals surface area contributed by atoms with Gasteiger partial charge >= 0.3 is 5.97 Å². The molecule has 0 atom stereocenters. The highest BCUT2D eigenvalue weighted by Crippen LogP contribution is 2.30. The van der Waals surface area contributed by atoms with Gasteiger partial charge in [-0.2, -0.15) is 0 Å². The lowest BCUT2D eigenvalue weighted by molar-refractivity contribution is -0.133. The maximum atomic E-state index is 13.7. The molecule has 1 aliphatic rings. The number of fused-ring (bicyclic) bond motifs is 1. The Balaban J connectivity index is 1.54. The molecule has 2 aromatic rings. The Labute approximate surface area is 161 Å². The third-order valence-corrected chi connectivity index (χ3v) is 4.17. The van der Waals surface area contributed by atoms with Gasteiger partial charge in [0, 0.05) is 13.6 Å². The van der Waals surface area contributed by atoms with Gasteiger partial charge in [-0.3, -0.25) is 4.79 Å². The first-order valence-corrected chi connectivity index (χ1v) is 8.61.